The largest absolute Gasteiger partial charge is 0.465 e. The number of ketones is 1. The number of ether oxygens (including phenoxy) is 1. The number of hydrogen-bond donors (Lipinski definition) is 0. The van der Waals surface area contributed by atoms with Crippen LogP contribution in [0.15, 0.2) is 0 Å². The van der Waals surface area contributed by atoms with Crippen molar-refractivity contribution in [1.29, 1.82) is 0 Å². The molecule has 1 heterocycles. The number of hydrogen-bond acceptors (Lipinski definition) is 5. The van der Waals surface area contributed by atoms with Gasteiger partial charge in [-0.25, -0.2) is 8.42 Å². The molecular formula is C8H12O5S. The third-order valence-electron chi connectivity index (χ3n) is 2.03. The zero-order valence-corrected chi connectivity index (χ0v) is 8.67. The van der Waals surface area contributed by atoms with Crippen molar-refractivity contribution in [3.63, 3.8) is 0 Å². The van der Waals surface area contributed by atoms with Crippen LogP contribution in [-0.2, 0) is 24.2 Å². The number of carbonyl (C=O) groups excluding carboxylic acids is 2. The van der Waals surface area contributed by atoms with Gasteiger partial charge in [0.05, 0.1) is 6.61 Å². The van der Waals surface area contributed by atoms with Gasteiger partial charge >= 0.3 is 5.97 Å². The smallest absolute Gasteiger partial charge is 0.324 e. The van der Waals surface area contributed by atoms with Crippen LogP contribution in [0.2, 0.25) is 0 Å². The lowest BCUT2D eigenvalue weighted by Gasteiger charge is -2.19. The zero-order valence-electron chi connectivity index (χ0n) is 7.86. The minimum absolute atomic E-state index is 0.0556. The van der Waals surface area contributed by atoms with Crippen LogP contribution < -0.4 is 0 Å². The number of esters is 1. The Bertz CT molecular complexity index is 343. The molecule has 0 aromatic carbocycles. The average Bonchev–Trinajstić information content (AvgIpc) is 2.01. The van der Waals surface area contributed by atoms with Crippen LogP contribution in [0.3, 0.4) is 0 Å². The van der Waals surface area contributed by atoms with E-state index in [0.717, 1.165) is 0 Å². The van der Waals surface area contributed by atoms with E-state index in [0.29, 0.717) is 0 Å². The Kier molecular flexibility index (Phi) is 3.25. The summed E-state index contributed by atoms with van der Waals surface area (Å²) in [4.78, 5) is 22.1. The maximum absolute atomic E-state index is 11.4. The molecule has 14 heavy (non-hydrogen) atoms. The van der Waals surface area contributed by atoms with Crippen molar-refractivity contribution in [2.45, 2.75) is 25.0 Å². The van der Waals surface area contributed by atoms with Crippen molar-refractivity contribution in [2.75, 3.05) is 12.4 Å². The lowest BCUT2D eigenvalue weighted by Crippen LogP contribution is -2.40. The monoisotopic (exact) mass is 220 g/mol. The lowest BCUT2D eigenvalue weighted by molar-refractivity contribution is -0.142. The van der Waals surface area contributed by atoms with Crippen LogP contribution in [0, 0.1) is 0 Å². The third kappa shape index (κ3) is 2.31. The van der Waals surface area contributed by atoms with Gasteiger partial charge < -0.3 is 4.74 Å². The first-order valence-corrected chi connectivity index (χ1v) is 6.09. The van der Waals surface area contributed by atoms with Crippen LogP contribution in [0.1, 0.15) is 19.8 Å². The summed E-state index contributed by atoms with van der Waals surface area (Å²) in [6, 6.07) is 0. The van der Waals surface area contributed by atoms with Gasteiger partial charge in [0.1, 0.15) is 11.5 Å². The predicted octanol–water partition coefficient (Wildman–Crippen LogP) is -0.304. The fraction of sp³-hybridized carbons (Fsp3) is 0.750. The second-order valence-electron chi connectivity index (χ2n) is 3.13. The van der Waals surface area contributed by atoms with Crippen LogP contribution in [0.5, 0.6) is 0 Å². The van der Waals surface area contributed by atoms with Gasteiger partial charge in [-0.15, -0.1) is 0 Å². The van der Waals surface area contributed by atoms with E-state index in [1.165, 1.54) is 0 Å². The zero-order chi connectivity index (χ0) is 10.8. The maximum atomic E-state index is 11.4. The van der Waals surface area contributed by atoms with E-state index in [4.69, 9.17) is 0 Å². The normalized spacial score (nSPS) is 25.8. The minimum Gasteiger partial charge on any atom is -0.465 e. The summed E-state index contributed by atoms with van der Waals surface area (Å²) in [6.45, 7) is 1.76. The summed E-state index contributed by atoms with van der Waals surface area (Å²) in [5.74, 6) is -1.60. The molecule has 0 amide bonds. The molecule has 5 nitrogen and oxygen atoms in total. The van der Waals surface area contributed by atoms with Gasteiger partial charge in [0.15, 0.2) is 15.1 Å². The second kappa shape index (κ2) is 4.08. The van der Waals surface area contributed by atoms with Crippen molar-refractivity contribution in [1.82, 2.24) is 0 Å². The summed E-state index contributed by atoms with van der Waals surface area (Å²) in [5, 5.41) is -1.14. The molecule has 1 unspecified atom stereocenters. The Balaban J connectivity index is 2.80. The quantitative estimate of drug-likeness (QED) is 0.597. The molecule has 0 aliphatic carbocycles. The number of Topliss-reactive ketones (excluding diaryl/α,β-unsaturated/α-hetero) is 1. The highest BCUT2D eigenvalue weighted by Gasteiger charge is 2.39. The van der Waals surface area contributed by atoms with E-state index < -0.39 is 26.8 Å². The number of carbonyl (C=O) groups is 2. The fourth-order valence-electron chi connectivity index (χ4n) is 1.37. The summed E-state index contributed by atoms with van der Waals surface area (Å²) in [5.41, 5.74) is 0. The molecule has 6 heteroatoms. The van der Waals surface area contributed by atoms with Crippen molar-refractivity contribution < 1.29 is 22.7 Å². The molecule has 0 aromatic heterocycles. The van der Waals surface area contributed by atoms with Gasteiger partial charge in [-0.05, 0) is 13.3 Å². The Morgan fingerprint density at radius 3 is 2.71 bits per heavy atom. The van der Waals surface area contributed by atoms with Crippen LogP contribution in [-0.4, -0.2) is 37.8 Å². The molecule has 1 atom stereocenters. The first kappa shape index (κ1) is 11.2. The van der Waals surface area contributed by atoms with Gasteiger partial charge in [0, 0.05) is 6.42 Å². The second-order valence-corrected chi connectivity index (χ2v) is 5.31. The Morgan fingerprint density at radius 1 is 1.57 bits per heavy atom. The van der Waals surface area contributed by atoms with Gasteiger partial charge in [0.25, 0.3) is 0 Å². The summed E-state index contributed by atoms with van der Waals surface area (Å²) in [6.07, 6.45) is 0.197. The maximum Gasteiger partial charge on any atom is 0.324 e. The highest BCUT2D eigenvalue weighted by molar-refractivity contribution is 7.93. The van der Waals surface area contributed by atoms with E-state index >= 15 is 0 Å². The van der Waals surface area contributed by atoms with Crippen LogP contribution in [0.4, 0.5) is 0 Å². The van der Waals surface area contributed by atoms with Crippen LogP contribution in [0.25, 0.3) is 0 Å². The molecule has 0 N–H and O–H groups in total. The number of sulfone groups is 1. The van der Waals surface area contributed by atoms with E-state index in [1.54, 1.807) is 6.92 Å². The molecule has 0 aromatic rings. The van der Waals surface area contributed by atoms with E-state index in [9.17, 15) is 18.0 Å². The van der Waals surface area contributed by atoms with Crippen LogP contribution >= 0.6 is 0 Å². The van der Waals surface area contributed by atoms with Crippen molar-refractivity contribution >= 4 is 21.6 Å². The first-order valence-electron chi connectivity index (χ1n) is 4.37. The van der Waals surface area contributed by atoms with Gasteiger partial charge in [-0.3, -0.25) is 9.59 Å². The topological polar surface area (TPSA) is 77.5 Å². The molecule has 0 radical (unpaired) electrons. The molecule has 0 bridgehead atoms. The standard InChI is InChI=1S/C8H12O5S/c1-2-13-8(10)7-4-3-6(9)5-14(7,11)12/h7H,2-5H2,1H3. The summed E-state index contributed by atoms with van der Waals surface area (Å²) < 4.78 is 27.4. The molecular weight excluding hydrogens is 208 g/mol. The molecule has 1 fully saturated rings. The first-order chi connectivity index (χ1) is 6.47. The lowest BCUT2D eigenvalue weighted by atomic mass is 10.2. The third-order valence-corrected chi connectivity index (χ3v) is 4.05. The average molecular weight is 220 g/mol. The van der Waals surface area contributed by atoms with E-state index in [1.807, 2.05) is 0 Å². The van der Waals surface area contributed by atoms with Crippen molar-refractivity contribution in [3.8, 4) is 0 Å². The molecule has 1 aliphatic rings. The molecule has 1 rings (SSSR count). The van der Waals surface area contributed by atoms with Gasteiger partial charge in [-0.2, -0.15) is 0 Å². The van der Waals surface area contributed by atoms with Crippen molar-refractivity contribution in [2.24, 2.45) is 0 Å². The minimum atomic E-state index is -3.62. The van der Waals surface area contributed by atoms with Gasteiger partial charge in [-0.1, -0.05) is 0 Å². The Morgan fingerprint density at radius 2 is 2.21 bits per heavy atom. The molecule has 1 saturated heterocycles. The molecule has 0 spiro atoms. The number of rotatable bonds is 2. The van der Waals surface area contributed by atoms with E-state index in [-0.39, 0.29) is 25.2 Å². The summed E-state index contributed by atoms with van der Waals surface area (Å²) in [7, 11) is -3.62. The summed E-state index contributed by atoms with van der Waals surface area (Å²) >= 11 is 0. The van der Waals surface area contributed by atoms with E-state index in [2.05, 4.69) is 4.74 Å². The predicted molar refractivity (Wildman–Crippen MR) is 48.4 cm³/mol. The molecule has 80 valence electrons. The van der Waals surface area contributed by atoms with Gasteiger partial charge in [0.2, 0.25) is 0 Å². The molecule has 1 aliphatic heterocycles. The molecule has 0 saturated carbocycles. The van der Waals surface area contributed by atoms with Crippen molar-refractivity contribution in [3.05, 3.63) is 0 Å². The SMILES string of the molecule is CCOC(=O)C1CCC(=O)CS1(=O)=O. The Labute approximate surface area is 82.4 Å². The highest BCUT2D eigenvalue weighted by atomic mass is 32.2. The Hall–Kier alpha value is -0.910. The fourth-order valence-corrected chi connectivity index (χ4v) is 3.00. The highest BCUT2D eigenvalue weighted by Crippen LogP contribution is 2.18.